The Labute approximate surface area is 196 Å². The van der Waals surface area contributed by atoms with Gasteiger partial charge in [0.05, 0.1) is 27.5 Å². The third kappa shape index (κ3) is 3.87. The summed E-state index contributed by atoms with van der Waals surface area (Å²) in [6, 6.07) is 9.86. The van der Waals surface area contributed by atoms with Crippen molar-refractivity contribution in [3.63, 3.8) is 0 Å². The van der Waals surface area contributed by atoms with Gasteiger partial charge in [-0.1, -0.05) is 12.1 Å². The number of carbonyl (C=O) groups excluding carboxylic acids is 1. The predicted molar refractivity (Wildman–Crippen MR) is 136 cm³/mol. The zero-order valence-electron chi connectivity index (χ0n) is 19.1. The number of hydrogen-bond donors (Lipinski definition) is 1. The maximum Gasteiger partial charge on any atom is 0.258 e. The van der Waals surface area contributed by atoms with Crippen LogP contribution >= 0.6 is 11.3 Å². The standard InChI is InChI=1S/C25H29N5O2S/c1-3-29(4-2)17-15-18-22(31)21(24(32)26-11-14-28-12-7-8-13-28)25-30(23(18)27-16-17)19-9-5-6-10-20(19)33-25/h5-6,9-10,15-16H,3-4,7-8,11-14H2,1-2H3,(H,26,32). The number of aromatic nitrogens is 2. The van der Waals surface area contributed by atoms with Gasteiger partial charge in [0.1, 0.15) is 16.0 Å². The third-order valence-electron chi connectivity index (χ3n) is 6.53. The summed E-state index contributed by atoms with van der Waals surface area (Å²) in [6.07, 6.45) is 4.25. The van der Waals surface area contributed by atoms with Crippen LogP contribution in [0.1, 0.15) is 37.0 Å². The van der Waals surface area contributed by atoms with Crippen LogP contribution in [0.3, 0.4) is 0 Å². The molecule has 0 radical (unpaired) electrons. The van der Waals surface area contributed by atoms with Crippen LogP contribution in [0.2, 0.25) is 0 Å². The summed E-state index contributed by atoms with van der Waals surface area (Å²) in [5, 5.41) is 3.49. The number of nitrogens with one attached hydrogen (secondary N) is 1. The quantitative estimate of drug-likeness (QED) is 0.452. The van der Waals surface area contributed by atoms with Crippen molar-refractivity contribution in [2.24, 2.45) is 0 Å². The van der Waals surface area contributed by atoms with Gasteiger partial charge >= 0.3 is 0 Å². The lowest BCUT2D eigenvalue weighted by molar-refractivity contribution is 0.0950. The fourth-order valence-electron chi connectivity index (χ4n) is 4.77. The average Bonchev–Trinajstić information content (AvgIpc) is 3.48. The fourth-order valence-corrected chi connectivity index (χ4v) is 5.95. The number of rotatable bonds is 7. The molecule has 0 unspecified atom stereocenters. The van der Waals surface area contributed by atoms with Gasteiger partial charge in [-0.3, -0.25) is 14.0 Å². The van der Waals surface area contributed by atoms with E-state index in [2.05, 4.69) is 29.0 Å². The molecule has 1 saturated heterocycles. The van der Waals surface area contributed by atoms with Gasteiger partial charge in [0.2, 0.25) is 5.43 Å². The molecule has 0 aliphatic carbocycles. The maximum atomic E-state index is 13.7. The molecule has 8 heteroatoms. The van der Waals surface area contributed by atoms with Gasteiger partial charge in [-0.2, -0.15) is 0 Å². The molecule has 1 amide bonds. The number of nitrogens with zero attached hydrogens (tertiary/aromatic N) is 4. The number of carbonyl (C=O) groups is 1. The Balaban J connectivity index is 1.66. The molecule has 0 saturated carbocycles. The molecule has 5 rings (SSSR count). The topological polar surface area (TPSA) is 70.0 Å². The molecule has 1 aromatic carbocycles. The highest BCUT2D eigenvalue weighted by atomic mass is 32.1. The van der Waals surface area contributed by atoms with Crippen molar-refractivity contribution in [2.45, 2.75) is 26.7 Å². The highest BCUT2D eigenvalue weighted by Crippen LogP contribution is 2.31. The number of anilines is 1. The lowest BCUT2D eigenvalue weighted by Crippen LogP contribution is -2.35. The van der Waals surface area contributed by atoms with E-state index in [0.717, 1.165) is 48.6 Å². The Kier molecular flexibility index (Phi) is 6.03. The Morgan fingerprint density at radius 3 is 2.70 bits per heavy atom. The van der Waals surface area contributed by atoms with Crippen LogP contribution in [-0.2, 0) is 0 Å². The molecule has 0 atom stereocenters. The minimum atomic E-state index is -0.307. The van der Waals surface area contributed by atoms with E-state index in [1.54, 1.807) is 0 Å². The van der Waals surface area contributed by atoms with E-state index in [4.69, 9.17) is 4.98 Å². The first kappa shape index (κ1) is 21.9. The zero-order chi connectivity index (χ0) is 22.9. The van der Waals surface area contributed by atoms with Crippen LogP contribution in [0.15, 0.2) is 41.3 Å². The molecule has 1 aliphatic heterocycles. The smallest absolute Gasteiger partial charge is 0.258 e. The van der Waals surface area contributed by atoms with Crippen LogP contribution in [0, 0.1) is 0 Å². The van der Waals surface area contributed by atoms with Gasteiger partial charge in [0.15, 0.2) is 0 Å². The second-order valence-electron chi connectivity index (χ2n) is 8.46. The van der Waals surface area contributed by atoms with E-state index < -0.39 is 0 Å². The molecule has 3 aromatic heterocycles. The number of pyridine rings is 2. The average molecular weight is 464 g/mol. The second-order valence-corrected chi connectivity index (χ2v) is 9.49. The third-order valence-corrected chi connectivity index (χ3v) is 7.68. The number of amides is 1. The highest BCUT2D eigenvalue weighted by molar-refractivity contribution is 7.24. The number of fused-ring (bicyclic) bond motifs is 5. The largest absolute Gasteiger partial charge is 0.371 e. The normalized spacial score (nSPS) is 14.5. The van der Waals surface area contributed by atoms with Crippen LogP contribution < -0.4 is 15.6 Å². The van der Waals surface area contributed by atoms with Crippen molar-refractivity contribution in [1.82, 2.24) is 19.6 Å². The number of likely N-dealkylation sites (tertiary alicyclic amines) is 1. The lowest BCUT2D eigenvalue weighted by Gasteiger charge is -2.21. The van der Waals surface area contributed by atoms with Gasteiger partial charge in [-0.15, -0.1) is 11.3 Å². The van der Waals surface area contributed by atoms with Crippen LogP contribution in [0.5, 0.6) is 0 Å². The van der Waals surface area contributed by atoms with Crippen molar-refractivity contribution in [3.05, 3.63) is 52.3 Å². The number of benzene rings is 1. The molecule has 172 valence electrons. The summed E-state index contributed by atoms with van der Waals surface area (Å²) in [5.41, 5.74) is 2.40. The molecule has 1 N–H and O–H groups in total. The SMILES string of the molecule is CCN(CC)c1cnc2c(c1)c(=O)c(C(=O)NCCN1CCCC1)c1sc3ccccc3n12. The Bertz CT molecular complexity index is 1380. The Hall–Kier alpha value is -2.97. The Morgan fingerprint density at radius 1 is 1.18 bits per heavy atom. The molecular formula is C25H29N5O2S. The van der Waals surface area contributed by atoms with Gasteiger partial charge in [-0.05, 0) is 58.0 Å². The zero-order valence-corrected chi connectivity index (χ0v) is 20.0. The lowest BCUT2D eigenvalue weighted by atomic mass is 10.1. The van der Waals surface area contributed by atoms with E-state index in [-0.39, 0.29) is 16.9 Å². The summed E-state index contributed by atoms with van der Waals surface area (Å²) in [6.45, 7) is 9.29. The summed E-state index contributed by atoms with van der Waals surface area (Å²) in [5.74, 6) is -0.307. The van der Waals surface area contributed by atoms with Gasteiger partial charge in [-0.25, -0.2) is 4.98 Å². The van der Waals surface area contributed by atoms with Crippen LogP contribution in [0.4, 0.5) is 5.69 Å². The first-order valence-corrected chi connectivity index (χ1v) is 12.6. The monoisotopic (exact) mass is 463 g/mol. The first-order valence-electron chi connectivity index (χ1n) is 11.7. The minimum absolute atomic E-state index is 0.212. The fraction of sp³-hybridized carbons (Fsp3) is 0.400. The molecule has 4 aromatic rings. The molecule has 0 spiro atoms. The summed E-state index contributed by atoms with van der Waals surface area (Å²) >= 11 is 1.47. The van der Waals surface area contributed by atoms with Crippen molar-refractivity contribution in [2.75, 3.05) is 44.2 Å². The first-order chi connectivity index (χ1) is 16.1. The number of para-hydroxylation sites is 1. The van der Waals surface area contributed by atoms with E-state index in [1.807, 2.05) is 40.9 Å². The van der Waals surface area contributed by atoms with E-state index >= 15 is 0 Å². The van der Waals surface area contributed by atoms with Gasteiger partial charge in [0.25, 0.3) is 5.91 Å². The van der Waals surface area contributed by atoms with E-state index in [1.165, 1.54) is 24.2 Å². The minimum Gasteiger partial charge on any atom is -0.371 e. The molecule has 1 aliphatic rings. The number of hydrogen-bond acceptors (Lipinski definition) is 6. The van der Waals surface area contributed by atoms with Gasteiger partial charge in [0, 0.05) is 26.2 Å². The molecular weight excluding hydrogens is 434 g/mol. The molecule has 1 fully saturated rings. The maximum absolute atomic E-state index is 13.7. The van der Waals surface area contributed by atoms with Crippen molar-refractivity contribution in [3.8, 4) is 0 Å². The Morgan fingerprint density at radius 2 is 1.94 bits per heavy atom. The van der Waals surface area contributed by atoms with Crippen LogP contribution in [0.25, 0.3) is 26.1 Å². The van der Waals surface area contributed by atoms with E-state index in [0.29, 0.717) is 22.4 Å². The molecule has 7 nitrogen and oxygen atoms in total. The number of thiazole rings is 1. The highest BCUT2D eigenvalue weighted by Gasteiger charge is 2.23. The van der Waals surface area contributed by atoms with Crippen molar-refractivity contribution >= 4 is 49.0 Å². The molecule has 4 heterocycles. The summed E-state index contributed by atoms with van der Waals surface area (Å²) in [7, 11) is 0. The second kappa shape index (κ2) is 9.11. The molecule has 33 heavy (non-hydrogen) atoms. The van der Waals surface area contributed by atoms with Crippen molar-refractivity contribution < 1.29 is 4.79 Å². The predicted octanol–water partition coefficient (Wildman–Crippen LogP) is 3.73. The van der Waals surface area contributed by atoms with Crippen LogP contribution in [-0.4, -0.2) is 59.5 Å². The molecule has 0 bridgehead atoms. The van der Waals surface area contributed by atoms with E-state index in [9.17, 15) is 9.59 Å². The summed E-state index contributed by atoms with van der Waals surface area (Å²) < 4.78 is 2.99. The van der Waals surface area contributed by atoms with Crippen molar-refractivity contribution in [1.29, 1.82) is 0 Å². The van der Waals surface area contributed by atoms with Gasteiger partial charge < -0.3 is 15.1 Å². The summed E-state index contributed by atoms with van der Waals surface area (Å²) in [4.78, 5) is 36.9.